The molecule has 0 aromatic carbocycles. The van der Waals surface area contributed by atoms with Gasteiger partial charge in [-0.2, -0.15) is 11.8 Å². The summed E-state index contributed by atoms with van der Waals surface area (Å²) >= 11 is 1.85. The molecule has 6 heteroatoms. The molecule has 16 heavy (non-hydrogen) atoms. The summed E-state index contributed by atoms with van der Waals surface area (Å²) in [5, 5.41) is 15.3. The molecule has 0 spiro atoms. The van der Waals surface area contributed by atoms with Crippen molar-refractivity contribution in [2.24, 2.45) is 0 Å². The van der Waals surface area contributed by atoms with Gasteiger partial charge in [-0.05, 0) is 49.2 Å². The second kappa shape index (κ2) is 6.85. The lowest BCUT2D eigenvalue weighted by Gasteiger charge is -2.16. The minimum Gasteiger partial charge on any atom is -0.308 e. The van der Waals surface area contributed by atoms with Crippen molar-refractivity contribution in [1.82, 2.24) is 25.5 Å². The molecule has 5 nitrogen and oxygen atoms in total. The molecule has 1 rings (SSSR count). The molecule has 0 amide bonds. The molecule has 0 saturated heterocycles. The first-order valence-electron chi connectivity index (χ1n) is 5.70. The number of rotatable bonds is 7. The fourth-order valence-electron chi connectivity index (χ4n) is 1.61. The Kier molecular flexibility index (Phi) is 5.76. The molecule has 0 bridgehead atoms. The zero-order valence-corrected chi connectivity index (χ0v) is 11.3. The van der Waals surface area contributed by atoms with Crippen LogP contribution in [0.4, 0.5) is 0 Å². The summed E-state index contributed by atoms with van der Waals surface area (Å²) in [5.41, 5.74) is 0. The molecule has 0 saturated carbocycles. The number of tetrazole rings is 1. The lowest BCUT2D eigenvalue weighted by Crippen LogP contribution is -2.23. The van der Waals surface area contributed by atoms with Gasteiger partial charge in [-0.3, -0.25) is 0 Å². The molecular formula is C10H21N5S. The topological polar surface area (TPSA) is 55.6 Å². The number of aromatic nitrogens is 4. The predicted molar refractivity (Wildman–Crippen MR) is 67.6 cm³/mol. The SMILES string of the molecule is CCNC(C)c1nnnn1C(C)CCSC. The van der Waals surface area contributed by atoms with Gasteiger partial charge in [0.1, 0.15) is 0 Å². The van der Waals surface area contributed by atoms with E-state index in [1.807, 2.05) is 16.4 Å². The molecule has 92 valence electrons. The Hall–Kier alpha value is -0.620. The van der Waals surface area contributed by atoms with Crippen molar-refractivity contribution in [2.75, 3.05) is 18.6 Å². The maximum atomic E-state index is 4.10. The van der Waals surface area contributed by atoms with E-state index >= 15 is 0 Å². The molecule has 0 aliphatic heterocycles. The van der Waals surface area contributed by atoms with E-state index in [4.69, 9.17) is 0 Å². The summed E-state index contributed by atoms with van der Waals surface area (Å²) in [6.07, 6.45) is 3.21. The summed E-state index contributed by atoms with van der Waals surface area (Å²) in [4.78, 5) is 0. The summed E-state index contributed by atoms with van der Waals surface area (Å²) in [7, 11) is 0. The van der Waals surface area contributed by atoms with Gasteiger partial charge in [0.25, 0.3) is 0 Å². The maximum absolute atomic E-state index is 4.10. The third kappa shape index (κ3) is 3.45. The Labute approximate surface area is 101 Å². The van der Waals surface area contributed by atoms with Crippen LogP contribution in [0.2, 0.25) is 0 Å². The third-order valence-electron chi connectivity index (χ3n) is 2.57. The van der Waals surface area contributed by atoms with E-state index < -0.39 is 0 Å². The smallest absolute Gasteiger partial charge is 0.168 e. The summed E-state index contributed by atoms with van der Waals surface area (Å²) < 4.78 is 1.93. The van der Waals surface area contributed by atoms with E-state index in [0.29, 0.717) is 6.04 Å². The van der Waals surface area contributed by atoms with Crippen LogP contribution >= 0.6 is 11.8 Å². The van der Waals surface area contributed by atoms with Crippen molar-refractivity contribution in [3.63, 3.8) is 0 Å². The molecular weight excluding hydrogens is 222 g/mol. The van der Waals surface area contributed by atoms with Crippen LogP contribution in [0.3, 0.4) is 0 Å². The standard InChI is InChI=1S/C10H21N5S/c1-5-11-9(3)10-12-13-14-15(10)8(2)6-7-16-4/h8-9,11H,5-7H2,1-4H3. The zero-order chi connectivity index (χ0) is 12.0. The van der Waals surface area contributed by atoms with Gasteiger partial charge in [-0.15, -0.1) is 5.10 Å². The molecule has 1 N–H and O–H groups in total. The van der Waals surface area contributed by atoms with Crippen molar-refractivity contribution in [3.8, 4) is 0 Å². The van der Waals surface area contributed by atoms with Crippen molar-refractivity contribution in [2.45, 2.75) is 39.3 Å². The molecule has 1 aromatic heterocycles. The zero-order valence-electron chi connectivity index (χ0n) is 10.5. The van der Waals surface area contributed by atoms with Crippen LogP contribution in [-0.4, -0.2) is 38.8 Å². The Bertz CT molecular complexity index is 301. The fraction of sp³-hybridized carbons (Fsp3) is 0.900. The van der Waals surface area contributed by atoms with Gasteiger partial charge in [-0.1, -0.05) is 6.92 Å². The number of nitrogens with zero attached hydrogens (tertiary/aromatic N) is 4. The minimum absolute atomic E-state index is 0.205. The van der Waals surface area contributed by atoms with Gasteiger partial charge < -0.3 is 5.32 Å². The first-order valence-corrected chi connectivity index (χ1v) is 7.10. The van der Waals surface area contributed by atoms with Crippen LogP contribution < -0.4 is 5.32 Å². The van der Waals surface area contributed by atoms with Crippen molar-refractivity contribution in [1.29, 1.82) is 0 Å². The normalized spacial score (nSPS) is 15.0. The highest BCUT2D eigenvalue weighted by atomic mass is 32.2. The minimum atomic E-state index is 0.205. The molecule has 0 aliphatic carbocycles. The van der Waals surface area contributed by atoms with Crippen LogP contribution in [0.1, 0.15) is 45.1 Å². The van der Waals surface area contributed by atoms with Gasteiger partial charge in [-0.25, -0.2) is 4.68 Å². The van der Waals surface area contributed by atoms with E-state index in [1.54, 1.807) is 0 Å². The first kappa shape index (κ1) is 13.4. The van der Waals surface area contributed by atoms with Gasteiger partial charge in [0, 0.05) is 0 Å². The lowest BCUT2D eigenvalue weighted by atomic mass is 10.2. The highest BCUT2D eigenvalue weighted by molar-refractivity contribution is 7.98. The Morgan fingerprint density at radius 1 is 1.44 bits per heavy atom. The highest BCUT2D eigenvalue weighted by Gasteiger charge is 2.17. The van der Waals surface area contributed by atoms with E-state index in [2.05, 4.69) is 47.9 Å². The molecule has 0 radical (unpaired) electrons. The van der Waals surface area contributed by atoms with Crippen LogP contribution in [0, 0.1) is 0 Å². The van der Waals surface area contributed by atoms with Crippen molar-refractivity contribution < 1.29 is 0 Å². The maximum Gasteiger partial charge on any atom is 0.168 e. The lowest BCUT2D eigenvalue weighted by molar-refractivity contribution is 0.423. The van der Waals surface area contributed by atoms with Crippen LogP contribution in [0.5, 0.6) is 0 Å². The molecule has 0 aliphatic rings. The van der Waals surface area contributed by atoms with Gasteiger partial charge in [0.15, 0.2) is 5.82 Å². The van der Waals surface area contributed by atoms with Crippen LogP contribution in [-0.2, 0) is 0 Å². The average molecular weight is 243 g/mol. The Balaban J connectivity index is 2.68. The van der Waals surface area contributed by atoms with Gasteiger partial charge in [0.05, 0.1) is 12.1 Å². The quantitative estimate of drug-likeness (QED) is 0.789. The Morgan fingerprint density at radius 3 is 2.81 bits per heavy atom. The number of hydrogen-bond donors (Lipinski definition) is 1. The van der Waals surface area contributed by atoms with Crippen LogP contribution in [0.15, 0.2) is 0 Å². The first-order chi connectivity index (χ1) is 7.70. The highest BCUT2D eigenvalue weighted by Crippen LogP contribution is 2.17. The van der Waals surface area contributed by atoms with E-state index in [-0.39, 0.29) is 6.04 Å². The van der Waals surface area contributed by atoms with E-state index in [1.165, 1.54) is 0 Å². The number of hydrogen-bond acceptors (Lipinski definition) is 5. The second-order valence-electron chi connectivity index (χ2n) is 3.89. The molecule has 1 heterocycles. The molecule has 2 atom stereocenters. The summed E-state index contributed by atoms with van der Waals surface area (Å²) in [6, 6.07) is 0.565. The molecule has 0 fully saturated rings. The molecule has 2 unspecified atom stereocenters. The number of nitrogens with one attached hydrogen (secondary N) is 1. The van der Waals surface area contributed by atoms with E-state index in [0.717, 1.165) is 24.5 Å². The van der Waals surface area contributed by atoms with Crippen LogP contribution in [0.25, 0.3) is 0 Å². The van der Waals surface area contributed by atoms with Crippen molar-refractivity contribution >= 4 is 11.8 Å². The number of thioether (sulfide) groups is 1. The monoisotopic (exact) mass is 243 g/mol. The van der Waals surface area contributed by atoms with Gasteiger partial charge in [0.2, 0.25) is 0 Å². The molecule has 1 aromatic rings. The fourth-order valence-corrected chi connectivity index (χ4v) is 2.18. The van der Waals surface area contributed by atoms with Gasteiger partial charge >= 0.3 is 0 Å². The predicted octanol–water partition coefficient (Wildman–Crippen LogP) is 1.66. The summed E-state index contributed by atoms with van der Waals surface area (Å²) in [5.74, 6) is 2.06. The average Bonchev–Trinajstić information content (AvgIpc) is 2.75. The second-order valence-corrected chi connectivity index (χ2v) is 4.88. The summed E-state index contributed by atoms with van der Waals surface area (Å²) in [6.45, 7) is 7.26. The Morgan fingerprint density at radius 2 is 2.19 bits per heavy atom. The third-order valence-corrected chi connectivity index (χ3v) is 3.22. The largest absolute Gasteiger partial charge is 0.308 e. The van der Waals surface area contributed by atoms with E-state index in [9.17, 15) is 0 Å². The van der Waals surface area contributed by atoms with Crippen molar-refractivity contribution in [3.05, 3.63) is 5.82 Å².